The van der Waals surface area contributed by atoms with Crippen molar-refractivity contribution in [3.05, 3.63) is 53.7 Å². The number of aryl methyl sites for hydroxylation is 1. The Kier molecular flexibility index (Phi) is 4.45. The molecule has 3 aromatic rings. The first kappa shape index (κ1) is 17.0. The van der Waals surface area contributed by atoms with E-state index in [1.165, 1.54) is 0 Å². The molecule has 1 N–H and O–H groups in total. The van der Waals surface area contributed by atoms with Gasteiger partial charge in [0.25, 0.3) is 5.91 Å². The molecule has 0 radical (unpaired) electrons. The second-order valence-corrected chi connectivity index (χ2v) is 5.98. The van der Waals surface area contributed by atoms with Gasteiger partial charge in [0.15, 0.2) is 17.3 Å². The van der Waals surface area contributed by atoms with Gasteiger partial charge in [0, 0.05) is 12.6 Å². The molecule has 1 aliphatic rings. The van der Waals surface area contributed by atoms with Gasteiger partial charge in [-0.25, -0.2) is 0 Å². The number of carbonyl (C=O) groups is 1. The summed E-state index contributed by atoms with van der Waals surface area (Å²) < 4.78 is 23.7. The Hall–Kier alpha value is -3.42. The monoisotopic (exact) mass is 369 g/mol. The van der Waals surface area contributed by atoms with Gasteiger partial charge in [0.2, 0.25) is 6.79 Å². The summed E-state index contributed by atoms with van der Waals surface area (Å²) >= 11 is 0. The predicted molar refractivity (Wildman–Crippen MR) is 96.2 cm³/mol. The average Bonchev–Trinajstić information content (AvgIpc) is 3.40. The van der Waals surface area contributed by atoms with Crippen LogP contribution in [-0.2, 0) is 13.2 Å². The minimum atomic E-state index is -0.330. The molecule has 0 fully saturated rings. The van der Waals surface area contributed by atoms with Gasteiger partial charge in [-0.05, 0) is 38.1 Å². The molecule has 8 heteroatoms. The van der Waals surface area contributed by atoms with Crippen molar-refractivity contribution in [1.29, 1.82) is 0 Å². The Morgan fingerprint density at radius 3 is 2.93 bits per heavy atom. The zero-order valence-electron chi connectivity index (χ0n) is 15.0. The number of furan rings is 1. The van der Waals surface area contributed by atoms with E-state index < -0.39 is 0 Å². The zero-order chi connectivity index (χ0) is 18.8. The van der Waals surface area contributed by atoms with E-state index in [1.807, 2.05) is 18.5 Å². The van der Waals surface area contributed by atoms with Crippen LogP contribution in [0.5, 0.6) is 17.2 Å². The second kappa shape index (κ2) is 7.06. The van der Waals surface area contributed by atoms with E-state index in [4.69, 9.17) is 18.6 Å². The highest BCUT2D eigenvalue weighted by molar-refractivity contribution is 6.02. The number of ether oxygens (including phenoxy) is 3. The molecule has 2 aromatic heterocycles. The summed E-state index contributed by atoms with van der Waals surface area (Å²) in [6.45, 7) is 5.04. The molecule has 0 spiro atoms. The number of amides is 1. The van der Waals surface area contributed by atoms with E-state index in [0.717, 1.165) is 12.2 Å². The lowest BCUT2D eigenvalue weighted by Gasteiger charge is -2.05. The Morgan fingerprint density at radius 1 is 1.26 bits per heavy atom. The van der Waals surface area contributed by atoms with Crippen molar-refractivity contribution < 1.29 is 23.4 Å². The topological polar surface area (TPSA) is 87.8 Å². The van der Waals surface area contributed by atoms with Gasteiger partial charge in [-0.15, -0.1) is 0 Å². The number of anilines is 1. The fraction of sp³-hybridized carbons (Fsp3) is 0.263. The molecule has 0 aliphatic carbocycles. The van der Waals surface area contributed by atoms with Gasteiger partial charge in [0.1, 0.15) is 18.1 Å². The van der Waals surface area contributed by atoms with Crippen molar-refractivity contribution >= 4 is 11.6 Å². The van der Waals surface area contributed by atoms with Crippen LogP contribution in [0.25, 0.3) is 0 Å². The molecule has 0 saturated carbocycles. The maximum atomic E-state index is 12.4. The van der Waals surface area contributed by atoms with Crippen LogP contribution in [0.2, 0.25) is 0 Å². The minimum absolute atomic E-state index is 0.194. The molecule has 8 nitrogen and oxygen atoms in total. The van der Waals surface area contributed by atoms with Crippen LogP contribution in [0.15, 0.2) is 40.9 Å². The fourth-order valence-electron chi connectivity index (χ4n) is 2.77. The first-order chi connectivity index (χ1) is 13.1. The van der Waals surface area contributed by atoms with E-state index >= 15 is 0 Å². The quantitative estimate of drug-likeness (QED) is 0.717. The number of nitrogens with one attached hydrogen (secondary N) is 1. The SMILES string of the molecule is CCn1ncc(NC(=O)c2ccc(COc3ccc4c(c3)OCO4)o2)c1C. The largest absolute Gasteiger partial charge is 0.486 e. The number of benzene rings is 1. The van der Waals surface area contributed by atoms with Crippen LogP contribution < -0.4 is 19.5 Å². The maximum absolute atomic E-state index is 12.4. The number of hydrogen-bond acceptors (Lipinski definition) is 6. The van der Waals surface area contributed by atoms with Gasteiger partial charge in [-0.3, -0.25) is 9.48 Å². The van der Waals surface area contributed by atoms with Crippen LogP contribution in [0.4, 0.5) is 5.69 Å². The lowest BCUT2D eigenvalue weighted by Crippen LogP contribution is -2.11. The molecule has 0 atom stereocenters. The van der Waals surface area contributed by atoms with Crippen LogP contribution in [0, 0.1) is 6.92 Å². The summed E-state index contributed by atoms with van der Waals surface area (Å²) in [6, 6.07) is 8.67. The van der Waals surface area contributed by atoms with Crippen molar-refractivity contribution in [3.63, 3.8) is 0 Å². The summed E-state index contributed by atoms with van der Waals surface area (Å²) in [4.78, 5) is 12.4. The van der Waals surface area contributed by atoms with Gasteiger partial charge in [0.05, 0.1) is 17.6 Å². The summed E-state index contributed by atoms with van der Waals surface area (Å²) in [7, 11) is 0. The second-order valence-electron chi connectivity index (χ2n) is 5.98. The van der Waals surface area contributed by atoms with Crippen molar-refractivity contribution in [2.24, 2.45) is 0 Å². The lowest BCUT2D eigenvalue weighted by molar-refractivity contribution is 0.0992. The molecule has 140 valence electrons. The number of rotatable bonds is 6. The van der Waals surface area contributed by atoms with E-state index in [1.54, 1.807) is 36.5 Å². The molecular formula is C19H19N3O5. The molecule has 1 aromatic carbocycles. The number of nitrogens with zero attached hydrogens (tertiary/aromatic N) is 2. The van der Waals surface area contributed by atoms with Crippen molar-refractivity contribution in [2.75, 3.05) is 12.1 Å². The first-order valence-corrected chi connectivity index (χ1v) is 8.59. The van der Waals surface area contributed by atoms with Crippen LogP contribution in [-0.4, -0.2) is 22.5 Å². The molecule has 4 rings (SSSR count). The molecule has 27 heavy (non-hydrogen) atoms. The Morgan fingerprint density at radius 2 is 2.11 bits per heavy atom. The highest BCUT2D eigenvalue weighted by Gasteiger charge is 2.16. The molecule has 0 unspecified atom stereocenters. The van der Waals surface area contributed by atoms with E-state index in [2.05, 4.69) is 10.4 Å². The van der Waals surface area contributed by atoms with E-state index in [9.17, 15) is 4.79 Å². The zero-order valence-corrected chi connectivity index (χ0v) is 15.0. The van der Waals surface area contributed by atoms with Crippen LogP contribution in [0.3, 0.4) is 0 Å². The number of aromatic nitrogens is 2. The highest BCUT2D eigenvalue weighted by Crippen LogP contribution is 2.35. The molecule has 1 aliphatic heterocycles. The number of fused-ring (bicyclic) bond motifs is 1. The minimum Gasteiger partial charge on any atom is -0.486 e. The van der Waals surface area contributed by atoms with Gasteiger partial charge >= 0.3 is 0 Å². The lowest BCUT2D eigenvalue weighted by atomic mass is 10.3. The fourth-order valence-corrected chi connectivity index (χ4v) is 2.77. The normalized spacial score (nSPS) is 12.2. The molecule has 0 saturated heterocycles. The summed E-state index contributed by atoms with van der Waals surface area (Å²) in [5.41, 5.74) is 1.56. The van der Waals surface area contributed by atoms with Gasteiger partial charge in [-0.2, -0.15) is 5.10 Å². The number of hydrogen-bond donors (Lipinski definition) is 1. The first-order valence-electron chi connectivity index (χ1n) is 8.59. The molecule has 0 bridgehead atoms. The Bertz CT molecular complexity index is 976. The Labute approximate surface area is 155 Å². The van der Waals surface area contributed by atoms with Crippen molar-refractivity contribution in [3.8, 4) is 17.2 Å². The third-order valence-corrected chi connectivity index (χ3v) is 4.26. The molecule has 1 amide bonds. The average molecular weight is 369 g/mol. The summed E-state index contributed by atoms with van der Waals surface area (Å²) in [6.07, 6.45) is 1.63. The van der Waals surface area contributed by atoms with Crippen LogP contribution >= 0.6 is 0 Å². The smallest absolute Gasteiger partial charge is 0.291 e. The van der Waals surface area contributed by atoms with E-state index in [0.29, 0.717) is 28.7 Å². The third kappa shape index (κ3) is 3.46. The standard InChI is InChI=1S/C19H19N3O5/c1-3-22-12(2)15(9-20-22)21-19(23)17-7-5-14(27-17)10-24-13-4-6-16-18(8-13)26-11-25-16/h4-9H,3,10-11H2,1-2H3,(H,21,23). The summed E-state index contributed by atoms with van der Waals surface area (Å²) in [5, 5.41) is 7.02. The molecular weight excluding hydrogens is 350 g/mol. The third-order valence-electron chi connectivity index (χ3n) is 4.26. The highest BCUT2D eigenvalue weighted by atomic mass is 16.7. The van der Waals surface area contributed by atoms with E-state index in [-0.39, 0.29) is 25.1 Å². The van der Waals surface area contributed by atoms with Crippen molar-refractivity contribution in [2.45, 2.75) is 27.0 Å². The predicted octanol–water partition coefficient (Wildman–Crippen LogP) is 3.36. The molecule has 3 heterocycles. The van der Waals surface area contributed by atoms with Gasteiger partial charge in [-0.1, -0.05) is 0 Å². The number of carbonyl (C=O) groups excluding carboxylic acids is 1. The Balaban J connectivity index is 1.38. The van der Waals surface area contributed by atoms with Crippen molar-refractivity contribution in [1.82, 2.24) is 9.78 Å². The van der Waals surface area contributed by atoms with Gasteiger partial charge < -0.3 is 23.9 Å². The summed E-state index contributed by atoms with van der Waals surface area (Å²) in [5.74, 6) is 2.39. The maximum Gasteiger partial charge on any atom is 0.291 e. The van der Waals surface area contributed by atoms with Crippen LogP contribution in [0.1, 0.15) is 28.9 Å².